The van der Waals surface area contributed by atoms with E-state index in [9.17, 15) is 18.5 Å². The molecule has 2 N–H and O–H groups in total. The van der Waals surface area contributed by atoms with E-state index in [1.165, 1.54) is 23.0 Å². The maximum Gasteiger partial charge on any atom is 0.259 e. The number of sulfonamides is 1. The molecule has 0 bridgehead atoms. The highest BCUT2D eigenvalue weighted by Crippen LogP contribution is 2.34. The van der Waals surface area contributed by atoms with Crippen molar-refractivity contribution in [2.24, 2.45) is 12.2 Å². The fourth-order valence-electron chi connectivity index (χ4n) is 3.82. The van der Waals surface area contributed by atoms with Crippen LogP contribution in [-0.2, 0) is 17.1 Å². The summed E-state index contributed by atoms with van der Waals surface area (Å²) in [5, 5.41) is 18.7. The van der Waals surface area contributed by atoms with Crippen LogP contribution in [0.25, 0.3) is 22.3 Å². The van der Waals surface area contributed by atoms with Crippen molar-refractivity contribution in [2.45, 2.75) is 31.9 Å². The van der Waals surface area contributed by atoms with Crippen LogP contribution >= 0.6 is 11.6 Å². The number of nitriles is 1. The number of fused-ring (bicyclic) bond motifs is 1. The van der Waals surface area contributed by atoms with Gasteiger partial charge in [-0.05, 0) is 50.6 Å². The van der Waals surface area contributed by atoms with Gasteiger partial charge >= 0.3 is 0 Å². The molecule has 0 amide bonds. The number of rotatable bonds is 5. The lowest BCUT2D eigenvalue weighted by atomic mass is 10.00. The summed E-state index contributed by atoms with van der Waals surface area (Å²) >= 11 is 5.84. The molecule has 0 saturated heterocycles. The van der Waals surface area contributed by atoms with Crippen LogP contribution in [0, 0.1) is 25.2 Å². The van der Waals surface area contributed by atoms with Gasteiger partial charge in [-0.15, -0.1) is 0 Å². The maximum absolute atomic E-state index is 13.3. The van der Waals surface area contributed by atoms with Gasteiger partial charge in [0.2, 0.25) is 5.03 Å². The molecule has 180 valence electrons. The Labute approximate surface area is 205 Å². The van der Waals surface area contributed by atoms with E-state index >= 15 is 0 Å². The minimum atomic E-state index is -4.23. The van der Waals surface area contributed by atoms with Crippen LogP contribution in [0.15, 0.2) is 44.7 Å². The Morgan fingerprint density at radius 1 is 1.29 bits per heavy atom. The highest BCUT2D eigenvalue weighted by molar-refractivity contribution is 7.89. The lowest BCUT2D eigenvalue weighted by molar-refractivity contribution is 0.219. The first kappa shape index (κ1) is 24.4. The van der Waals surface area contributed by atoms with Crippen molar-refractivity contribution in [3.8, 4) is 23.1 Å². The Morgan fingerprint density at radius 2 is 2.00 bits per heavy atom. The largest absolute Gasteiger partial charge is 0.483 e. The second-order valence-corrected chi connectivity index (χ2v) is 9.86. The lowest BCUT2D eigenvalue weighted by Crippen LogP contribution is -2.17. The van der Waals surface area contributed by atoms with Crippen LogP contribution in [-0.4, -0.2) is 23.2 Å². The number of hydrogen-bond acceptors (Lipinski definition) is 8. The van der Waals surface area contributed by atoms with Gasteiger partial charge in [0.15, 0.2) is 11.2 Å². The molecule has 3 heterocycles. The van der Waals surface area contributed by atoms with E-state index in [0.717, 1.165) is 5.56 Å². The zero-order chi connectivity index (χ0) is 25.7. The van der Waals surface area contributed by atoms with Crippen molar-refractivity contribution >= 4 is 32.6 Å². The van der Waals surface area contributed by atoms with Gasteiger partial charge in [-0.2, -0.15) is 10.4 Å². The molecule has 0 fully saturated rings. The number of nitrogens with two attached hydrogens (primary N) is 1. The minimum Gasteiger partial charge on any atom is -0.483 e. The number of halogens is 1. The maximum atomic E-state index is 13.3. The zero-order valence-electron chi connectivity index (χ0n) is 19.2. The molecule has 0 radical (unpaired) electrons. The summed E-state index contributed by atoms with van der Waals surface area (Å²) in [5.41, 5.74) is 2.15. The lowest BCUT2D eigenvalue weighted by Gasteiger charge is -2.19. The smallest absolute Gasteiger partial charge is 0.259 e. The molecule has 0 aliphatic heterocycles. The number of nitrogens with zero attached hydrogens (tertiary/aromatic N) is 4. The van der Waals surface area contributed by atoms with Crippen LogP contribution < -0.4 is 15.3 Å². The van der Waals surface area contributed by atoms with Gasteiger partial charge in [-0.25, -0.2) is 18.5 Å². The molecule has 0 saturated carbocycles. The van der Waals surface area contributed by atoms with Crippen LogP contribution in [0.3, 0.4) is 0 Å². The van der Waals surface area contributed by atoms with E-state index in [0.29, 0.717) is 22.1 Å². The van der Waals surface area contributed by atoms with E-state index < -0.39 is 21.2 Å². The van der Waals surface area contributed by atoms with Crippen LogP contribution in [0.1, 0.15) is 35.4 Å². The van der Waals surface area contributed by atoms with E-state index in [1.54, 1.807) is 33.0 Å². The van der Waals surface area contributed by atoms with Gasteiger partial charge in [-0.3, -0.25) is 9.48 Å². The van der Waals surface area contributed by atoms with Gasteiger partial charge < -0.3 is 9.15 Å². The van der Waals surface area contributed by atoms with Crippen LogP contribution in [0.2, 0.25) is 5.15 Å². The third kappa shape index (κ3) is 4.39. The molecule has 3 aromatic heterocycles. The molecular weight excluding hydrogens is 494 g/mol. The summed E-state index contributed by atoms with van der Waals surface area (Å²) < 4.78 is 37.6. The Morgan fingerprint density at radius 3 is 2.66 bits per heavy atom. The molecule has 0 aliphatic carbocycles. The standard InChI is InChI=1S/C23H20ClN5O5S/c1-11-7-14(13(3)33-18-5-6-19(24)28-23(18)35(26,31)32)22-15(8-11)20(30)12(2)21(34-22)16-10-27-29(4)17(16)9-25/h5-8,10,13H,1-4H3,(H2,26,31,32)/t13-/m1/s1. The normalized spacial score (nSPS) is 12.5. The van der Waals surface area contributed by atoms with Crippen LogP contribution in [0.4, 0.5) is 0 Å². The first-order chi connectivity index (χ1) is 16.4. The molecule has 0 aliphatic rings. The summed E-state index contributed by atoms with van der Waals surface area (Å²) in [6.07, 6.45) is 0.672. The number of primary sulfonamides is 1. The van der Waals surface area contributed by atoms with Crippen molar-refractivity contribution in [3.05, 3.63) is 68.2 Å². The van der Waals surface area contributed by atoms with Gasteiger partial charge in [0.25, 0.3) is 10.0 Å². The average molecular weight is 514 g/mol. The van der Waals surface area contributed by atoms with Crippen molar-refractivity contribution in [1.82, 2.24) is 14.8 Å². The van der Waals surface area contributed by atoms with Gasteiger partial charge in [0, 0.05) is 18.2 Å². The second kappa shape index (κ2) is 8.81. The third-order valence-corrected chi connectivity index (χ3v) is 6.53. The highest BCUT2D eigenvalue weighted by Gasteiger charge is 2.25. The number of hydrogen-bond donors (Lipinski definition) is 1. The fraction of sp³-hybridized carbons (Fsp3) is 0.217. The molecule has 4 rings (SSSR count). The summed E-state index contributed by atoms with van der Waals surface area (Å²) in [5.74, 6) is 0.107. The Kier molecular flexibility index (Phi) is 6.14. The molecule has 12 heteroatoms. The summed E-state index contributed by atoms with van der Waals surface area (Å²) in [6, 6.07) is 8.26. The summed E-state index contributed by atoms with van der Waals surface area (Å²) in [4.78, 5) is 17.1. The monoisotopic (exact) mass is 513 g/mol. The highest BCUT2D eigenvalue weighted by atomic mass is 35.5. The predicted octanol–water partition coefficient (Wildman–Crippen LogP) is 3.52. The van der Waals surface area contributed by atoms with Gasteiger partial charge in [0.05, 0.1) is 17.1 Å². The van der Waals surface area contributed by atoms with E-state index in [4.69, 9.17) is 25.9 Å². The van der Waals surface area contributed by atoms with E-state index in [2.05, 4.69) is 16.2 Å². The molecule has 1 atom stereocenters. The SMILES string of the molecule is Cc1cc([C@@H](C)Oc2ccc(Cl)nc2S(N)(=O)=O)c2oc(-c3cnn(C)c3C#N)c(C)c(=O)c2c1. The molecule has 0 spiro atoms. The van der Waals surface area contributed by atoms with Crippen LogP contribution in [0.5, 0.6) is 5.75 Å². The number of benzene rings is 1. The van der Waals surface area contributed by atoms with Gasteiger partial charge in [0.1, 0.15) is 34.4 Å². The number of ether oxygens (including phenoxy) is 1. The predicted molar refractivity (Wildman–Crippen MR) is 129 cm³/mol. The molecule has 4 aromatic rings. The van der Waals surface area contributed by atoms with Crippen molar-refractivity contribution in [2.75, 3.05) is 0 Å². The average Bonchev–Trinajstić information content (AvgIpc) is 3.16. The Balaban J connectivity index is 1.93. The summed E-state index contributed by atoms with van der Waals surface area (Å²) in [6.45, 7) is 5.10. The minimum absolute atomic E-state index is 0.0640. The Bertz CT molecular complexity index is 1700. The first-order valence-corrected chi connectivity index (χ1v) is 12.2. The molecule has 0 unspecified atom stereocenters. The third-order valence-electron chi connectivity index (χ3n) is 5.48. The first-order valence-electron chi connectivity index (χ1n) is 10.3. The van der Waals surface area contributed by atoms with Crippen molar-refractivity contribution in [3.63, 3.8) is 0 Å². The molecule has 1 aromatic carbocycles. The topological polar surface area (TPSA) is 154 Å². The van der Waals surface area contributed by atoms with Gasteiger partial charge in [-0.1, -0.05) is 11.6 Å². The summed E-state index contributed by atoms with van der Waals surface area (Å²) in [7, 11) is -2.61. The molecule has 35 heavy (non-hydrogen) atoms. The van der Waals surface area contributed by atoms with E-state index in [1.807, 2.05) is 6.92 Å². The van der Waals surface area contributed by atoms with E-state index in [-0.39, 0.29) is 33.4 Å². The molecular formula is C23H20ClN5O5S. The quantitative estimate of drug-likeness (QED) is 0.397. The zero-order valence-corrected chi connectivity index (χ0v) is 20.7. The molecule has 10 nitrogen and oxygen atoms in total. The number of aryl methyl sites for hydroxylation is 2. The number of aromatic nitrogens is 3. The second-order valence-electron chi connectivity index (χ2n) is 8.00. The van der Waals surface area contributed by atoms with Crippen molar-refractivity contribution in [1.29, 1.82) is 5.26 Å². The van der Waals surface area contributed by atoms with Crippen molar-refractivity contribution < 1.29 is 17.6 Å². The fourth-order valence-corrected chi connectivity index (χ4v) is 4.64. The Hall–Kier alpha value is -3.72. The number of pyridine rings is 1.